The van der Waals surface area contributed by atoms with Gasteiger partial charge >= 0.3 is 0 Å². The van der Waals surface area contributed by atoms with E-state index < -0.39 is 9.84 Å². The summed E-state index contributed by atoms with van der Waals surface area (Å²) in [6.45, 7) is 0.339. The van der Waals surface area contributed by atoms with Gasteiger partial charge in [0.25, 0.3) is 0 Å². The van der Waals surface area contributed by atoms with Crippen molar-refractivity contribution < 1.29 is 17.9 Å². The van der Waals surface area contributed by atoms with Crippen LogP contribution in [-0.4, -0.2) is 35.4 Å². The molecule has 0 saturated heterocycles. The van der Waals surface area contributed by atoms with Crippen LogP contribution >= 0.6 is 0 Å². The van der Waals surface area contributed by atoms with E-state index in [9.17, 15) is 8.42 Å². The lowest BCUT2D eigenvalue weighted by atomic mass is 10.1. The molecule has 2 N–H and O–H groups in total. The normalized spacial score (nSPS) is 11.3. The highest BCUT2D eigenvalue weighted by atomic mass is 32.2. The summed E-state index contributed by atoms with van der Waals surface area (Å²) >= 11 is 0. The zero-order valence-electron chi connectivity index (χ0n) is 10.2. The van der Waals surface area contributed by atoms with Crippen LogP contribution in [0.1, 0.15) is 5.56 Å². The van der Waals surface area contributed by atoms with Crippen LogP contribution in [0.2, 0.25) is 0 Å². The van der Waals surface area contributed by atoms with Crippen LogP contribution in [0, 0.1) is 0 Å². The number of hydrogen-bond acceptors (Lipinski definition) is 5. The summed E-state index contributed by atoms with van der Waals surface area (Å²) in [6.07, 6.45) is 1.56. The van der Waals surface area contributed by atoms with E-state index in [0.717, 1.165) is 6.26 Å². The molecule has 0 atom stereocenters. The Hall–Kier alpha value is -1.27. The highest BCUT2D eigenvalue weighted by molar-refractivity contribution is 7.90. The first kappa shape index (κ1) is 13.8. The molecule has 0 spiro atoms. The molecule has 6 heteroatoms. The van der Waals surface area contributed by atoms with Gasteiger partial charge in [-0.2, -0.15) is 0 Å². The number of hydrogen-bond donors (Lipinski definition) is 1. The summed E-state index contributed by atoms with van der Waals surface area (Å²) in [5.41, 5.74) is 6.06. The average molecular weight is 259 g/mol. The molecular formula is C11H17NO4S. The predicted octanol–water partition coefficient (Wildman–Crippen LogP) is 0.609. The van der Waals surface area contributed by atoms with Gasteiger partial charge in [-0.25, -0.2) is 8.42 Å². The van der Waals surface area contributed by atoms with E-state index in [4.69, 9.17) is 15.2 Å². The summed E-state index contributed by atoms with van der Waals surface area (Å²) < 4.78 is 33.8. The Balaban J connectivity index is 3.58. The molecule has 5 nitrogen and oxygen atoms in total. The minimum absolute atomic E-state index is 0.157. The molecule has 0 heterocycles. The first-order valence-electron chi connectivity index (χ1n) is 5.09. The van der Waals surface area contributed by atoms with Crippen LogP contribution in [-0.2, 0) is 16.3 Å². The van der Waals surface area contributed by atoms with Crippen molar-refractivity contribution in [2.45, 2.75) is 11.3 Å². The van der Waals surface area contributed by atoms with Gasteiger partial charge in [0.15, 0.2) is 9.84 Å². The summed E-state index contributed by atoms with van der Waals surface area (Å²) in [5, 5.41) is 0. The van der Waals surface area contributed by atoms with Gasteiger partial charge < -0.3 is 15.2 Å². The summed E-state index contributed by atoms with van der Waals surface area (Å²) in [6, 6.07) is 3.26. The fourth-order valence-electron chi connectivity index (χ4n) is 1.73. The zero-order valence-corrected chi connectivity index (χ0v) is 11.0. The Bertz CT molecular complexity index is 496. The lowest BCUT2D eigenvalue weighted by Gasteiger charge is -2.15. The third kappa shape index (κ3) is 2.89. The lowest BCUT2D eigenvalue weighted by molar-refractivity contribution is 0.387. The molecule has 1 rings (SSSR count). The molecule has 0 amide bonds. The van der Waals surface area contributed by atoms with Crippen LogP contribution in [0.5, 0.6) is 11.5 Å². The van der Waals surface area contributed by atoms with E-state index in [2.05, 4.69) is 0 Å². The number of nitrogens with two attached hydrogens (primary N) is 1. The standard InChI is InChI=1S/C11H17NO4S/c1-15-9-4-5-10(16-2)11(17(3,13)14)8(9)6-7-12/h4-5H,6-7,12H2,1-3H3. The van der Waals surface area contributed by atoms with Crippen molar-refractivity contribution in [3.63, 3.8) is 0 Å². The van der Waals surface area contributed by atoms with E-state index in [1.165, 1.54) is 14.2 Å². The average Bonchev–Trinajstić information content (AvgIpc) is 2.27. The summed E-state index contributed by atoms with van der Waals surface area (Å²) in [5.74, 6) is 0.827. The van der Waals surface area contributed by atoms with E-state index in [0.29, 0.717) is 30.0 Å². The van der Waals surface area contributed by atoms with Crippen LogP contribution in [0.3, 0.4) is 0 Å². The molecule has 96 valence electrons. The van der Waals surface area contributed by atoms with Gasteiger partial charge in [-0.05, 0) is 25.1 Å². The topological polar surface area (TPSA) is 78.6 Å². The summed E-state index contributed by atoms with van der Waals surface area (Å²) in [4.78, 5) is 0.157. The number of rotatable bonds is 5. The Kier molecular flexibility index (Phi) is 4.36. The van der Waals surface area contributed by atoms with Crippen molar-refractivity contribution in [1.29, 1.82) is 0 Å². The highest BCUT2D eigenvalue weighted by Crippen LogP contribution is 2.34. The molecule has 0 aliphatic carbocycles. The van der Waals surface area contributed by atoms with Gasteiger partial charge in [-0.3, -0.25) is 0 Å². The molecule has 0 aromatic heterocycles. The van der Waals surface area contributed by atoms with Crippen molar-refractivity contribution in [2.24, 2.45) is 5.73 Å². The van der Waals surface area contributed by atoms with Crippen LogP contribution < -0.4 is 15.2 Å². The largest absolute Gasteiger partial charge is 0.496 e. The maximum absolute atomic E-state index is 11.8. The predicted molar refractivity (Wildman–Crippen MR) is 65.4 cm³/mol. The summed E-state index contributed by atoms with van der Waals surface area (Å²) in [7, 11) is -0.464. The molecule has 1 aromatic carbocycles. The lowest BCUT2D eigenvalue weighted by Crippen LogP contribution is -2.11. The monoisotopic (exact) mass is 259 g/mol. The van der Waals surface area contributed by atoms with E-state index in [-0.39, 0.29) is 4.90 Å². The maximum atomic E-state index is 11.8. The number of ether oxygens (including phenoxy) is 2. The van der Waals surface area contributed by atoms with Gasteiger partial charge in [0.2, 0.25) is 0 Å². The quantitative estimate of drug-likeness (QED) is 0.838. The first-order chi connectivity index (χ1) is 7.95. The molecule has 0 aliphatic heterocycles. The van der Waals surface area contributed by atoms with Crippen molar-refractivity contribution in [3.8, 4) is 11.5 Å². The molecule has 0 unspecified atom stereocenters. The Morgan fingerprint density at radius 3 is 2.12 bits per heavy atom. The Morgan fingerprint density at radius 1 is 1.18 bits per heavy atom. The second-order valence-electron chi connectivity index (χ2n) is 3.59. The maximum Gasteiger partial charge on any atom is 0.179 e. The molecule has 0 saturated carbocycles. The van der Waals surface area contributed by atoms with E-state index in [1.54, 1.807) is 12.1 Å². The molecule has 0 fully saturated rings. The third-order valence-electron chi connectivity index (χ3n) is 2.39. The first-order valence-corrected chi connectivity index (χ1v) is 6.98. The second kappa shape index (κ2) is 5.37. The third-order valence-corrected chi connectivity index (χ3v) is 3.58. The molecule has 0 aliphatic rings. The number of sulfone groups is 1. The van der Waals surface area contributed by atoms with Gasteiger partial charge in [-0.15, -0.1) is 0 Å². The van der Waals surface area contributed by atoms with Gasteiger partial charge in [0.1, 0.15) is 16.4 Å². The Labute approximate surface area is 101 Å². The molecule has 0 radical (unpaired) electrons. The van der Waals surface area contributed by atoms with Gasteiger partial charge in [0, 0.05) is 11.8 Å². The second-order valence-corrected chi connectivity index (χ2v) is 5.54. The van der Waals surface area contributed by atoms with Crippen molar-refractivity contribution in [2.75, 3.05) is 27.0 Å². The fraction of sp³-hybridized carbons (Fsp3) is 0.455. The highest BCUT2D eigenvalue weighted by Gasteiger charge is 2.22. The molecule has 1 aromatic rings. The van der Waals surface area contributed by atoms with Gasteiger partial charge in [0.05, 0.1) is 14.2 Å². The smallest absolute Gasteiger partial charge is 0.179 e. The van der Waals surface area contributed by atoms with Crippen LogP contribution in [0.25, 0.3) is 0 Å². The zero-order chi connectivity index (χ0) is 13.1. The Morgan fingerprint density at radius 2 is 1.71 bits per heavy atom. The van der Waals surface area contributed by atoms with Crippen molar-refractivity contribution in [1.82, 2.24) is 0 Å². The molecule has 0 bridgehead atoms. The fourth-order valence-corrected chi connectivity index (χ4v) is 2.89. The van der Waals surface area contributed by atoms with Crippen LogP contribution in [0.4, 0.5) is 0 Å². The number of benzene rings is 1. The minimum atomic E-state index is -3.39. The van der Waals surface area contributed by atoms with E-state index >= 15 is 0 Å². The number of methoxy groups -OCH3 is 2. The van der Waals surface area contributed by atoms with Crippen LogP contribution in [0.15, 0.2) is 17.0 Å². The van der Waals surface area contributed by atoms with Crippen molar-refractivity contribution in [3.05, 3.63) is 17.7 Å². The SMILES string of the molecule is COc1ccc(OC)c(S(C)(=O)=O)c1CCN. The minimum Gasteiger partial charge on any atom is -0.496 e. The van der Waals surface area contributed by atoms with E-state index in [1.807, 2.05) is 0 Å². The molecule has 17 heavy (non-hydrogen) atoms. The van der Waals surface area contributed by atoms with Crippen molar-refractivity contribution >= 4 is 9.84 Å². The molecular weight excluding hydrogens is 242 g/mol. The van der Waals surface area contributed by atoms with Gasteiger partial charge in [-0.1, -0.05) is 0 Å².